The van der Waals surface area contributed by atoms with Crippen LogP contribution in [0.15, 0.2) is 12.3 Å². The smallest absolute Gasteiger partial charge is 0.0910 e. The van der Waals surface area contributed by atoms with Crippen molar-refractivity contribution >= 4 is 0 Å². The lowest BCUT2D eigenvalue weighted by atomic mass is 10.3. The van der Waals surface area contributed by atoms with E-state index in [1.165, 1.54) is 0 Å². The van der Waals surface area contributed by atoms with Gasteiger partial charge in [0.1, 0.15) is 0 Å². The fraction of sp³-hybridized carbons (Fsp3) is 0.727. The van der Waals surface area contributed by atoms with E-state index in [4.69, 9.17) is 4.74 Å². The zero-order chi connectivity index (χ0) is 10.6. The molecule has 0 N–H and O–H groups in total. The zero-order valence-corrected chi connectivity index (χ0v) is 9.53. The summed E-state index contributed by atoms with van der Waals surface area (Å²) in [5.41, 5.74) is 1.01. The summed E-state index contributed by atoms with van der Waals surface area (Å²) in [4.78, 5) is 0. The van der Waals surface area contributed by atoms with E-state index in [1.54, 1.807) is 0 Å². The van der Waals surface area contributed by atoms with E-state index in [0.717, 1.165) is 12.1 Å². The van der Waals surface area contributed by atoms with E-state index in [2.05, 4.69) is 32.8 Å². The summed E-state index contributed by atoms with van der Waals surface area (Å²) in [6.45, 7) is 9.06. The van der Waals surface area contributed by atoms with Crippen LogP contribution in [0.2, 0.25) is 0 Å². The molecule has 3 heteroatoms. The third-order valence-electron chi connectivity index (χ3n) is 2.28. The van der Waals surface area contributed by atoms with E-state index in [1.807, 2.05) is 16.9 Å². The second-order valence-corrected chi connectivity index (χ2v) is 3.91. The lowest BCUT2D eigenvalue weighted by Gasteiger charge is -2.08. The Balaban J connectivity index is 2.44. The highest BCUT2D eigenvalue weighted by Crippen LogP contribution is 2.07. The molecule has 0 saturated carbocycles. The molecule has 0 aromatic carbocycles. The second kappa shape index (κ2) is 5.15. The summed E-state index contributed by atoms with van der Waals surface area (Å²) in [6, 6.07) is 2.44. The fourth-order valence-electron chi connectivity index (χ4n) is 1.09. The van der Waals surface area contributed by atoms with E-state index in [9.17, 15) is 0 Å². The van der Waals surface area contributed by atoms with Crippen LogP contribution >= 0.6 is 0 Å². The Morgan fingerprint density at radius 3 is 2.64 bits per heavy atom. The average molecular weight is 196 g/mol. The third-order valence-corrected chi connectivity index (χ3v) is 2.28. The molecule has 3 nitrogen and oxygen atoms in total. The van der Waals surface area contributed by atoms with Gasteiger partial charge in [-0.15, -0.1) is 0 Å². The Bertz CT molecular complexity index is 268. The van der Waals surface area contributed by atoms with Crippen molar-refractivity contribution in [3.05, 3.63) is 18.0 Å². The van der Waals surface area contributed by atoms with Gasteiger partial charge < -0.3 is 4.74 Å². The van der Waals surface area contributed by atoms with Gasteiger partial charge in [0.15, 0.2) is 0 Å². The fourth-order valence-corrected chi connectivity index (χ4v) is 1.09. The van der Waals surface area contributed by atoms with Crippen LogP contribution in [0.3, 0.4) is 0 Å². The Morgan fingerprint density at radius 2 is 2.14 bits per heavy atom. The topological polar surface area (TPSA) is 27.1 Å². The van der Waals surface area contributed by atoms with E-state index in [0.29, 0.717) is 18.8 Å². The van der Waals surface area contributed by atoms with Gasteiger partial charge in [0.25, 0.3) is 0 Å². The molecule has 0 aliphatic heterocycles. The van der Waals surface area contributed by atoms with Crippen LogP contribution in [0.25, 0.3) is 0 Å². The van der Waals surface area contributed by atoms with Gasteiger partial charge in [0.2, 0.25) is 0 Å². The maximum atomic E-state index is 5.59. The molecule has 0 saturated heterocycles. The molecule has 0 aliphatic rings. The number of nitrogens with zero attached hydrogens (tertiary/aromatic N) is 2. The predicted molar refractivity (Wildman–Crippen MR) is 57.2 cm³/mol. The van der Waals surface area contributed by atoms with Gasteiger partial charge in [0, 0.05) is 12.2 Å². The van der Waals surface area contributed by atoms with Gasteiger partial charge in [-0.3, -0.25) is 4.68 Å². The summed E-state index contributed by atoms with van der Waals surface area (Å²) >= 11 is 0. The quantitative estimate of drug-likeness (QED) is 0.724. The summed E-state index contributed by atoms with van der Waals surface area (Å²) in [7, 11) is 0. The van der Waals surface area contributed by atoms with Gasteiger partial charge in [-0.2, -0.15) is 5.10 Å². The maximum Gasteiger partial charge on any atom is 0.0910 e. The minimum atomic E-state index is 0.319. The molecule has 0 bridgehead atoms. The van der Waals surface area contributed by atoms with Gasteiger partial charge in [0.05, 0.1) is 18.4 Å². The van der Waals surface area contributed by atoms with Crippen molar-refractivity contribution < 1.29 is 4.74 Å². The van der Waals surface area contributed by atoms with Crippen molar-refractivity contribution in [1.82, 2.24) is 9.78 Å². The molecule has 0 fully saturated rings. The first-order valence-corrected chi connectivity index (χ1v) is 5.29. The normalized spacial score (nSPS) is 13.5. The number of ether oxygens (including phenoxy) is 1. The summed E-state index contributed by atoms with van der Waals surface area (Å²) in [6.07, 6.45) is 3.37. The van der Waals surface area contributed by atoms with Gasteiger partial charge in [-0.05, 0) is 33.3 Å². The van der Waals surface area contributed by atoms with Crippen molar-refractivity contribution in [2.75, 3.05) is 0 Å². The zero-order valence-electron chi connectivity index (χ0n) is 9.53. The standard InChI is InChI=1S/C11H20N2O/c1-5-10(4)14-8-11-6-7-13(12-11)9(2)3/h6-7,9-10H,5,8H2,1-4H3/t10-/m0/s1. The molecule has 0 spiro atoms. The Morgan fingerprint density at radius 1 is 1.43 bits per heavy atom. The molecule has 80 valence electrons. The molecular weight excluding hydrogens is 176 g/mol. The van der Waals surface area contributed by atoms with Crippen molar-refractivity contribution in [1.29, 1.82) is 0 Å². The first-order chi connectivity index (χ1) is 6.63. The van der Waals surface area contributed by atoms with Crippen LogP contribution in [-0.2, 0) is 11.3 Å². The van der Waals surface area contributed by atoms with Crippen LogP contribution in [0.4, 0.5) is 0 Å². The molecule has 1 rings (SSSR count). The maximum absolute atomic E-state index is 5.59. The van der Waals surface area contributed by atoms with Gasteiger partial charge >= 0.3 is 0 Å². The summed E-state index contributed by atoms with van der Waals surface area (Å²) in [5.74, 6) is 0. The monoisotopic (exact) mass is 196 g/mol. The van der Waals surface area contributed by atoms with E-state index < -0.39 is 0 Å². The van der Waals surface area contributed by atoms with E-state index in [-0.39, 0.29) is 0 Å². The number of hydrogen-bond donors (Lipinski definition) is 0. The lowest BCUT2D eigenvalue weighted by Crippen LogP contribution is -2.07. The SMILES string of the molecule is CC[C@H](C)OCc1ccn(C(C)C)n1. The summed E-state index contributed by atoms with van der Waals surface area (Å²) < 4.78 is 7.55. The molecule has 14 heavy (non-hydrogen) atoms. The molecule has 0 unspecified atom stereocenters. The molecule has 1 heterocycles. The van der Waals surface area contributed by atoms with Gasteiger partial charge in [-0.25, -0.2) is 0 Å². The second-order valence-electron chi connectivity index (χ2n) is 3.91. The molecular formula is C11H20N2O. The van der Waals surface area contributed by atoms with Crippen molar-refractivity contribution in [2.24, 2.45) is 0 Å². The minimum Gasteiger partial charge on any atom is -0.372 e. The lowest BCUT2D eigenvalue weighted by molar-refractivity contribution is 0.0485. The Labute approximate surface area is 86.1 Å². The average Bonchev–Trinajstić information content (AvgIpc) is 2.62. The van der Waals surface area contributed by atoms with Crippen LogP contribution < -0.4 is 0 Å². The molecule has 0 radical (unpaired) electrons. The highest BCUT2D eigenvalue weighted by Gasteiger charge is 2.04. The van der Waals surface area contributed by atoms with Crippen LogP contribution in [0.1, 0.15) is 45.9 Å². The molecule has 0 amide bonds. The molecule has 1 aromatic heterocycles. The Hall–Kier alpha value is -0.830. The van der Waals surface area contributed by atoms with Crippen molar-refractivity contribution in [3.8, 4) is 0 Å². The number of aromatic nitrogens is 2. The first-order valence-electron chi connectivity index (χ1n) is 5.29. The number of rotatable bonds is 5. The molecule has 0 aliphatic carbocycles. The highest BCUT2D eigenvalue weighted by atomic mass is 16.5. The Kier molecular flexibility index (Phi) is 4.14. The largest absolute Gasteiger partial charge is 0.372 e. The highest BCUT2D eigenvalue weighted by molar-refractivity contribution is 4.97. The molecule has 1 aromatic rings. The van der Waals surface area contributed by atoms with Crippen molar-refractivity contribution in [3.63, 3.8) is 0 Å². The molecule has 1 atom stereocenters. The number of hydrogen-bond acceptors (Lipinski definition) is 2. The summed E-state index contributed by atoms with van der Waals surface area (Å²) in [5, 5.41) is 4.41. The van der Waals surface area contributed by atoms with Crippen molar-refractivity contribution in [2.45, 2.75) is 52.9 Å². The van der Waals surface area contributed by atoms with E-state index >= 15 is 0 Å². The van der Waals surface area contributed by atoms with Gasteiger partial charge in [-0.1, -0.05) is 6.92 Å². The van der Waals surface area contributed by atoms with Crippen LogP contribution in [-0.4, -0.2) is 15.9 Å². The third kappa shape index (κ3) is 3.14. The van der Waals surface area contributed by atoms with Crippen LogP contribution in [0.5, 0.6) is 0 Å². The first kappa shape index (κ1) is 11.2. The van der Waals surface area contributed by atoms with Crippen LogP contribution in [0, 0.1) is 0 Å². The minimum absolute atomic E-state index is 0.319. The predicted octanol–water partition coefficient (Wildman–Crippen LogP) is 2.78.